The summed E-state index contributed by atoms with van der Waals surface area (Å²) in [6.07, 6.45) is 0. The molecular formula is C15H24N2O. The Hall–Kier alpha value is -1.06. The average Bonchev–Trinajstić information content (AvgIpc) is 2.59. The molecule has 2 rings (SSSR count). The van der Waals surface area contributed by atoms with Crippen LogP contribution in [0.25, 0.3) is 0 Å². The standard InChI is InChI=1S/C15H24N2O/c1-12(2)15(3,11-16)17-8-9-18-14-7-5-4-6-13(14)10-17/h4-7,12H,8-11,16H2,1-3H3. The summed E-state index contributed by atoms with van der Waals surface area (Å²) in [7, 11) is 0. The van der Waals surface area contributed by atoms with Gasteiger partial charge in [0.1, 0.15) is 12.4 Å². The number of nitrogens with zero attached hydrogens (tertiary/aromatic N) is 1. The second-order valence-corrected chi connectivity index (χ2v) is 5.59. The van der Waals surface area contributed by atoms with Crippen LogP contribution in [0.15, 0.2) is 24.3 Å². The minimum absolute atomic E-state index is 0.0286. The van der Waals surface area contributed by atoms with E-state index in [-0.39, 0.29) is 5.54 Å². The van der Waals surface area contributed by atoms with Crippen molar-refractivity contribution in [2.75, 3.05) is 19.7 Å². The van der Waals surface area contributed by atoms with Crippen LogP contribution in [0.4, 0.5) is 0 Å². The Labute approximate surface area is 110 Å². The van der Waals surface area contributed by atoms with Crippen molar-refractivity contribution >= 4 is 0 Å². The second kappa shape index (κ2) is 5.29. The monoisotopic (exact) mass is 248 g/mol. The van der Waals surface area contributed by atoms with Crippen LogP contribution in [0, 0.1) is 5.92 Å². The number of benzene rings is 1. The van der Waals surface area contributed by atoms with E-state index in [1.165, 1.54) is 5.56 Å². The molecule has 0 aromatic heterocycles. The molecule has 0 bridgehead atoms. The molecule has 0 amide bonds. The Kier molecular flexibility index (Phi) is 3.93. The van der Waals surface area contributed by atoms with Crippen molar-refractivity contribution in [3.63, 3.8) is 0 Å². The molecule has 0 saturated carbocycles. The smallest absolute Gasteiger partial charge is 0.123 e. The number of nitrogens with two attached hydrogens (primary N) is 1. The van der Waals surface area contributed by atoms with Gasteiger partial charge < -0.3 is 10.5 Å². The number of hydrogen-bond donors (Lipinski definition) is 1. The summed E-state index contributed by atoms with van der Waals surface area (Å²) >= 11 is 0. The topological polar surface area (TPSA) is 38.5 Å². The highest BCUT2D eigenvalue weighted by Gasteiger charge is 2.35. The van der Waals surface area contributed by atoms with Crippen LogP contribution >= 0.6 is 0 Å². The summed E-state index contributed by atoms with van der Waals surface area (Å²) in [6.45, 7) is 10.00. The summed E-state index contributed by atoms with van der Waals surface area (Å²) in [6, 6.07) is 8.29. The van der Waals surface area contributed by atoms with Crippen molar-refractivity contribution in [2.24, 2.45) is 11.7 Å². The molecule has 0 fully saturated rings. The lowest BCUT2D eigenvalue weighted by atomic mass is 9.86. The summed E-state index contributed by atoms with van der Waals surface area (Å²) in [5.41, 5.74) is 7.32. The first-order valence-corrected chi connectivity index (χ1v) is 6.73. The normalized spacial score (nSPS) is 19.8. The van der Waals surface area contributed by atoms with E-state index < -0.39 is 0 Å². The van der Waals surface area contributed by atoms with Crippen LogP contribution in [-0.2, 0) is 6.54 Å². The molecule has 1 aliphatic heterocycles. The van der Waals surface area contributed by atoms with Gasteiger partial charge in [-0.05, 0) is 18.9 Å². The number of fused-ring (bicyclic) bond motifs is 1. The molecule has 1 aromatic carbocycles. The van der Waals surface area contributed by atoms with Gasteiger partial charge in [0.2, 0.25) is 0 Å². The van der Waals surface area contributed by atoms with Gasteiger partial charge in [0, 0.05) is 30.7 Å². The molecule has 18 heavy (non-hydrogen) atoms. The fourth-order valence-corrected chi connectivity index (χ4v) is 2.49. The molecule has 1 atom stereocenters. The lowest BCUT2D eigenvalue weighted by Crippen LogP contribution is -2.55. The van der Waals surface area contributed by atoms with E-state index in [9.17, 15) is 0 Å². The largest absolute Gasteiger partial charge is 0.492 e. The quantitative estimate of drug-likeness (QED) is 0.891. The molecule has 3 nitrogen and oxygen atoms in total. The zero-order chi connectivity index (χ0) is 13.2. The molecule has 2 N–H and O–H groups in total. The van der Waals surface area contributed by atoms with E-state index in [1.54, 1.807) is 0 Å². The molecule has 1 unspecified atom stereocenters. The fourth-order valence-electron chi connectivity index (χ4n) is 2.49. The highest BCUT2D eigenvalue weighted by Crippen LogP contribution is 2.30. The third-order valence-corrected chi connectivity index (χ3v) is 4.33. The van der Waals surface area contributed by atoms with Crippen LogP contribution in [0.3, 0.4) is 0 Å². The molecule has 0 saturated heterocycles. The van der Waals surface area contributed by atoms with Gasteiger partial charge in [0.05, 0.1) is 0 Å². The first kappa shape index (κ1) is 13.4. The van der Waals surface area contributed by atoms with Crippen molar-refractivity contribution in [2.45, 2.75) is 32.9 Å². The van der Waals surface area contributed by atoms with Crippen molar-refractivity contribution in [3.8, 4) is 5.75 Å². The molecule has 3 heteroatoms. The number of para-hydroxylation sites is 1. The van der Waals surface area contributed by atoms with Gasteiger partial charge in [-0.15, -0.1) is 0 Å². The first-order valence-electron chi connectivity index (χ1n) is 6.73. The second-order valence-electron chi connectivity index (χ2n) is 5.59. The number of rotatable bonds is 3. The molecule has 1 aromatic rings. The predicted octanol–water partition coefficient (Wildman–Crippen LogP) is 2.25. The van der Waals surface area contributed by atoms with Crippen LogP contribution < -0.4 is 10.5 Å². The van der Waals surface area contributed by atoms with E-state index in [0.717, 1.165) is 25.4 Å². The Morgan fingerprint density at radius 1 is 1.39 bits per heavy atom. The maximum absolute atomic E-state index is 6.03. The fraction of sp³-hybridized carbons (Fsp3) is 0.600. The Balaban J connectivity index is 2.27. The van der Waals surface area contributed by atoms with E-state index >= 15 is 0 Å². The van der Waals surface area contributed by atoms with Gasteiger partial charge in [-0.2, -0.15) is 0 Å². The van der Waals surface area contributed by atoms with Crippen LogP contribution in [-0.4, -0.2) is 30.1 Å². The Morgan fingerprint density at radius 3 is 2.78 bits per heavy atom. The van der Waals surface area contributed by atoms with Crippen molar-refractivity contribution in [1.29, 1.82) is 0 Å². The maximum atomic E-state index is 6.03. The average molecular weight is 248 g/mol. The summed E-state index contributed by atoms with van der Waals surface area (Å²) in [4.78, 5) is 2.46. The molecule has 0 radical (unpaired) electrons. The van der Waals surface area contributed by atoms with Crippen molar-refractivity contribution in [1.82, 2.24) is 4.90 Å². The molecular weight excluding hydrogens is 224 g/mol. The number of ether oxygens (including phenoxy) is 1. The maximum Gasteiger partial charge on any atom is 0.123 e. The third kappa shape index (κ3) is 2.38. The van der Waals surface area contributed by atoms with Gasteiger partial charge >= 0.3 is 0 Å². The molecule has 100 valence electrons. The zero-order valence-electron chi connectivity index (χ0n) is 11.6. The minimum atomic E-state index is 0.0286. The van der Waals surface area contributed by atoms with Crippen LogP contribution in [0.1, 0.15) is 26.3 Å². The Morgan fingerprint density at radius 2 is 2.11 bits per heavy atom. The molecule has 0 aliphatic carbocycles. The van der Waals surface area contributed by atoms with E-state index in [4.69, 9.17) is 10.5 Å². The van der Waals surface area contributed by atoms with E-state index in [1.807, 2.05) is 12.1 Å². The minimum Gasteiger partial charge on any atom is -0.492 e. The highest BCUT2D eigenvalue weighted by molar-refractivity contribution is 5.34. The third-order valence-electron chi connectivity index (χ3n) is 4.33. The van der Waals surface area contributed by atoms with Crippen LogP contribution in [0.5, 0.6) is 5.75 Å². The van der Waals surface area contributed by atoms with Gasteiger partial charge in [-0.1, -0.05) is 32.0 Å². The summed E-state index contributed by atoms with van der Waals surface area (Å²) in [5, 5.41) is 0. The van der Waals surface area contributed by atoms with E-state index in [0.29, 0.717) is 12.5 Å². The first-order chi connectivity index (χ1) is 8.58. The van der Waals surface area contributed by atoms with Gasteiger partial charge in [-0.3, -0.25) is 4.90 Å². The summed E-state index contributed by atoms with van der Waals surface area (Å²) in [5.74, 6) is 1.54. The molecule has 1 aliphatic rings. The lowest BCUT2D eigenvalue weighted by Gasteiger charge is -2.43. The molecule has 0 spiro atoms. The highest BCUT2D eigenvalue weighted by atomic mass is 16.5. The number of hydrogen-bond acceptors (Lipinski definition) is 3. The van der Waals surface area contributed by atoms with Crippen molar-refractivity contribution in [3.05, 3.63) is 29.8 Å². The van der Waals surface area contributed by atoms with E-state index in [2.05, 4.69) is 37.8 Å². The zero-order valence-corrected chi connectivity index (χ0v) is 11.6. The lowest BCUT2D eigenvalue weighted by molar-refractivity contribution is 0.0545. The van der Waals surface area contributed by atoms with Crippen LogP contribution in [0.2, 0.25) is 0 Å². The van der Waals surface area contributed by atoms with Crippen molar-refractivity contribution < 1.29 is 4.74 Å². The van der Waals surface area contributed by atoms with Gasteiger partial charge in [-0.25, -0.2) is 0 Å². The predicted molar refractivity (Wildman–Crippen MR) is 74.6 cm³/mol. The Bertz CT molecular complexity index is 405. The van der Waals surface area contributed by atoms with Gasteiger partial charge in [0.25, 0.3) is 0 Å². The molecule has 1 heterocycles. The van der Waals surface area contributed by atoms with Gasteiger partial charge in [0.15, 0.2) is 0 Å². The summed E-state index contributed by atoms with van der Waals surface area (Å²) < 4.78 is 5.82. The SMILES string of the molecule is CC(C)C(C)(CN)N1CCOc2ccccc2C1.